The molecule has 0 fully saturated rings. The first-order valence-electron chi connectivity index (χ1n) is 3.14. The van der Waals surface area contributed by atoms with Gasteiger partial charge in [0.2, 0.25) is 0 Å². The highest BCUT2D eigenvalue weighted by Crippen LogP contribution is 1.94. The van der Waals surface area contributed by atoms with Gasteiger partial charge < -0.3 is 15.6 Å². The minimum Gasteiger partial charge on any atom is -0.469 e. The summed E-state index contributed by atoms with van der Waals surface area (Å²) >= 11 is 0. The van der Waals surface area contributed by atoms with E-state index in [0.29, 0.717) is 6.42 Å². The number of rotatable bonds is 4. The van der Waals surface area contributed by atoms with Crippen molar-refractivity contribution in [1.29, 1.82) is 0 Å². The van der Waals surface area contributed by atoms with Crippen LogP contribution in [0.15, 0.2) is 0 Å². The lowest BCUT2D eigenvalue weighted by Crippen LogP contribution is -2.25. The van der Waals surface area contributed by atoms with Gasteiger partial charge in [-0.15, -0.1) is 0 Å². The van der Waals surface area contributed by atoms with Gasteiger partial charge in [0, 0.05) is 12.5 Å². The summed E-state index contributed by atoms with van der Waals surface area (Å²) in [5.74, 6) is -0.288. The molecule has 0 saturated heterocycles. The molecule has 4 nitrogen and oxygen atoms in total. The van der Waals surface area contributed by atoms with E-state index in [2.05, 4.69) is 4.74 Å². The van der Waals surface area contributed by atoms with E-state index in [1.165, 1.54) is 7.11 Å². The second kappa shape index (κ2) is 5.20. The number of hydrogen-bond donors (Lipinski definition) is 2. The normalized spacial score (nSPS) is 12.7. The Kier molecular flexibility index (Phi) is 4.88. The lowest BCUT2D eigenvalue weighted by molar-refractivity contribution is -0.140. The van der Waals surface area contributed by atoms with Gasteiger partial charge >= 0.3 is 5.97 Å². The van der Waals surface area contributed by atoms with Crippen LogP contribution in [0.1, 0.15) is 12.8 Å². The fourth-order valence-corrected chi connectivity index (χ4v) is 0.497. The average Bonchev–Trinajstić information content (AvgIpc) is 1.99. The second-order valence-corrected chi connectivity index (χ2v) is 2.06. The molecule has 0 aliphatic heterocycles. The third kappa shape index (κ3) is 4.29. The summed E-state index contributed by atoms with van der Waals surface area (Å²) in [7, 11) is 1.33. The van der Waals surface area contributed by atoms with Crippen molar-refractivity contribution in [3.05, 3.63) is 0 Å². The van der Waals surface area contributed by atoms with Crippen molar-refractivity contribution in [3.63, 3.8) is 0 Å². The number of nitrogens with two attached hydrogens (primary N) is 1. The number of methoxy groups -OCH3 is 1. The molecule has 0 aromatic rings. The van der Waals surface area contributed by atoms with Crippen molar-refractivity contribution in [3.8, 4) is 0 Å². The summed E-state index contributed by atoms with van der Waals surface area (Å²) in [5.41, 5.74) is 5.32. The van der Waals surface area contributed by atoms with Crippen LogP contribution in [-0.2, 0) is 9.53 Å². The molecule has 0 aromatic heterocycles. The smallest absolute Gasteiger partial charge is 0.305 e. The number of esters is 1. The largest absolute Gasteiger partial charge is 0.469 e. The molecule has 0 saturated carbocycles. The van der Waals surface area contributed by atoms with Gasteiger partial charge in [0.1, 0.15) is 0 Å². The monoisotopic (exact) mass is 147 g/mol. The van der Waals surface area contributed by atoms with E-state index in [-0.39, 0.29) is 25.0 Å². The van der Waals surface area contributed by atoms with Gasteiger partial charge in [0.05, 0.1) is 13.7 Å². The van der Waals surface area contributed by atoms with Crippen LogP contribution >= 0.6 is 0 Å². The van der Waals surface area contributed by atoms with Crippen LogP contribution < -0.4 is 5.73 Å². The van der Waals surface area contributed by atoms with Gasteiger partial charge in [0.25, 0.3) is 0 Å². The maximum Gasteiger partial charge on any atom is 0.305 e. The Morgan fingerprint density at radius 3 is 2.80 bits per heavy atom. The molecule has 0 aliphatic rings. The van der Waals surface area contributed by atoms with E-state index in [4.69, 9.17) is 10.8 Å². The number of ether oxygens (including phenoxy) is 1. The molecule has 0 radical (unpaired) electrons. The number of aliphatic hydroxyl groups is 1. The van der Waals surface area contributed by atoms with Crippen LogP contribution in [0, 0.1) is 0 Å². The summed E-state index contributed by atoms with van der Waals surface area (Å²) in [6, 6.07) is -0.306. The number of carbonyl (C=O) groups is 1. The van der Waals surface area contributed by atoms with E-state index in [0.717, 1.165) is 0 Å². The topological polar surface area (TPSA) is 72.5 Å². The van der Waals surface area contributed by atoms with Gasteiger partial charge in [-0.3, -0.25) is 4.79 Å². The SMILES string of the molecule is COC(=O)CCC(N)CO. The third-order valence-electron chi connectivity index (χ3n) is 1.18. The first-order valence-corrected chi connectivity index (χ1v) is 3.14. The molecule has 60 valence electrons. The van der Waals surface area contributed by atoms with Crippen LogP contribution in [0.5, 0.6) is 0 Å². The number of aliphatic hydroxyl groups excluding tert-OH is 1. The van der Waals surface area contributed by atoms with Crippen molar-refractivity contribution in [1.82, 2.24) is 0 Å². The summed E-state index contributed by atoms with van der Waals surface area (Å²) in [6.07, 6.45) is 0.751. The fourth-order valence-electron chi connectivity index (χ4n) is 0.497. The number of carbonyl (C=O) groups excluding carboxylic acids is 1. The highest BCUT2D eigenvalue weighted by Gasteiger charge is 2.04. The Labute approximate surface area is 60.0 Å². The molecule has 0 heterocycles. The highest BCUT2D eigenvalue weighted by molar-refractivity contribution is 5.69. The molecule has 0 spiro atoms. The van der Waals surface area contributed by atoms with E-state index < -0.39 is 0 Å². The van der Waals surface area contributed by atoms with Crippen molar-refractivity contribution < 1.29 is 14.6 Å². The predicted octanol–water partition coefficient (Wildman–Crippen LogP) is -0.741. The summed E-state index contributed by atoms with van der Waals surface area (Å²) in [4.78, 5) is 10.5. The lowest BCUT2D eigenvalue weighted by Gasteiger charge is -2.04. The van der Waals surface area contributed by atoms with Gasteiger partial charge in [-0.05, 0) is 6.42 Å². The summed E-state index contributed by atoms with van der Waals surface area (Å²) in [5, 5.41) is 8.44. The molecule has 0 amide bonds. The molecule has 10 heavy (non-hydrogen) atoms. The molecule has 3 N–H and O–H groups in total. The Morgan fingerprint density at radius 1 is 1.80 bits per heavy atom. The van der Waals surface area contributed by atoms with Crippen LogP contribution in [0.2, 0.25) is 0 Å². The maximum absolute atomic E-state index is 10.5. The molecule has 4 heteroatoms. The molecular formula is C6H13NO3. The van der Waals surface area contributed by atoms with Crippen LogP contribution in [0.3, 0.4) is 0 Å². The standard InChI is InChI=1S/C6H13NO3/c1-10-6(9)3-2-5(7)4-8/h5,8H,2-4,7H2,1H3. The van der Waals surface area contributed by atoms with E-state index in [1.54, 1.807) is 0 Å². The molecule has 1 atom stereocenters. The molecule has 0 rings (SSSR count). The Bertz CT molecular complexity index is 105. The van der Waals surface area contributed by atoms with Gasteiger partial charge in [-0.2, -0.15) is 0 Å². The molecule has 0 bridgehead atoms. The minimum atomic E-state index is -0.306. The first-order chi connectivity index (χ1) is 4.70. The zero-order valence-corrected chi connectivity index (χ0v) is 6.04. The van der Waals surface area contributed by atoms with Crippen LogP contribution in [-0.4, -0.2) is 30.8 Å². The third-order valence-corrected chi connectivity index (χ3v) is 1.18. The van der Waals surface area contributed by atoms with Crippen LogP contribution in [0.25, 0.3) is 0 Å². The van der Waals surface area contributed by atoms with Gasteiger partial charge in [-0.25, -0.2) is 0 Å². The second-order valence-electron chi connectivity index (χ2n) is 2.06. The maximum atomic E-state index is 10.5. The van der Waals surface area contributed by atoms with Crippen molar-refractivity contribution in [2.75, 3.05) is 13.7 Å². The summed E-state index contributed by atoms with van der Waals surface area (Å²) < 4.78 is 4.37. The van der Waals surface area contributed by atoms with E-state index in [9.17, 15) is 4.79 Å². The van der Waals surface area contributed by atoms with Crippen LogP contribution in [0.4, 0.5) is 0 Å². The fraction of sp³-hybridized carbons (Fsp3) is 0.833. The Morgan fingerprint density at radius 2 is 2.40 bits per heavy atom. The predicted molar refractivity (Wildman–Crippen MR) is 36.3 cm³/mol. The molecule has 0 aromatic carbocycles. The van der Waals surface area contributed by atoms with E-state index in [1.807, 2.05) is 0 Å². The lowest BCUT2D eigenvalue weighted by atomic mass is 10.2. The number of hydrogen-bond acceptors (Lipinski definition) is 4. The quantitative estimate of drug-likeness (QED) is 0.514. The Balaban J connectivity index is 3.26. The Hall–Kier alpha value is -0.610. The van der Waals surface area contributed by atoms with Crippen molar-refractivity contribution in [2.45, 2.75) is 18.9 Å². The first kappa shape index (κ1) is 9.39. The summed E-state index contributed by atoms with van der Waals surface area (Å²) in [6.45, 7) is -0.0863. The van der Waals surface area contributed by atoms with Gasteiger partial charge in [-0.1, -0.05) is 0 Å². The molecular weight excluding hydrogens is 134 g/mol. The average molecular weight is 147 g/mol. The van der Waals surface area contributed by atoms with Gasteiger partial charge in [0.15, 0.2) is 0 Å². The van der Waals surface area contributed by atoms with Crippen molar-refractivity contribution in [2.24, 2.45) is 5.73 Å². The molecule has 1 unspecified atom stereocenters. The van der Waals surface area contributed by atoms with E-state index >= 15 is 0 Å². The zero-order valence-electron chi connectivity index (χ0n) is 6.04. The molecule has 0 aliphatic carbocycles. The highest BCUT2D eigenvalue weighted by atomic mass is 16.5. The van der Waals surface area contributed by atoms with Crippen molar-refractivity contribution >= 4 is 5.97 Å². The zero-order chi connectivity index (χ0) is 7.98. The minimum absolute atomic E-state index is 0.0863.